The van der Waals surface area contributed by atoms with Crippen LogP contribution >= 0.6 is 0 Å². The zero-order valence-corrected chi connectivity index (χ0v) is 10.4. The number of aryl methyl sites for hydroxylation is 1. The fourth-order valence-corrected chi connectivity index (χ4v) is 1.34. The maximum absolute atomic E-state index is 11.1. The van der Waals surface area contributed by atoms with Crippen molar-refractivity contribution in [1.82, 2.24) is 4.98 Å². The summed E-state index contributed by atoms with van der Waals surface area (Å²) in [5.41, 5.74) is 0.972. The summed E-state index contributed by atoms with van der Waals surface area (Å²) in [6.45, 7) is 4.01. The van der Waals surface area contributed by atoms with Crippen molar-refractivity contribution in [2.45, 2.75) is 27.4 Å². The lowest BCUT2D eigenvalue weighted by atomic mass is 10.1. The van der Waals surface area contributed by atoms with Gasteiger partial charge < -0.3 is 9.47 Å². The first-order valence-electron chi connectivity index (χ1n) is 5.21. The van der Waals surface area contributed by atoms with E-state index < -0.39 is 11.9 Å². The van der Waals surface area contributed by atoms with Gasteiger partial charge in [-0.2, -0.15) is 0 Å². The molecule has 0 radical (unpaired) electrons. The summed E-state index contributed by atoms with van der Waals surface area (Å²) in [6, 6.07) is 0. The molecule has 0 unspecified atom stereocenters. The molecule has 0 aliphatic rings. The molecule has 0 spiro atoms. The molecule has 1 aromatic heterocycles. The van der Waals surface area contributed by atoms with E-state index in [0.29, 0.717) is 17.5 Å². The molecule has 18 heavy (non-hydrogen) atoms. The van der Waals surface area contributed by atoms with E-state index in [1.54, 1.807) is 6.92 Å². The van der Waals surface area contributed by atoms with Gasteiger partial charge in [0.1, 0.15) is 6.61 Å². The number of hydrogen-bond acceptors (Lipinski definition) is 6. The van der Waals surface area contributed by atoms with Gasteiger partial charge in [-0.15, -0.1) is 0 Å². The number of esters is 2. The molecule has 0 fully saturated rings. The number of aromatic nitrogens is 1. The number of ether oxygens (including phenoxy) is 2. The van der Waals surface area contributed by atoms with Gasteiger partial charge in [-0.25, -0.2) is 0 Å². The lowest BCUT2D eigenvalue weighted by Gasteiger charge is -2.11. The second-order valence-electron chi connectivity index (χ2n) is 3.60. The SMILES string of the molecule is CC(=O)OCc1cnc(C)c(OC(C)=O)c1C=O. The minimum Gasteiger partial charge on any atom is -0.461 e. The van der Waals surface area contributed by atoms with Crippen molar-refractivity contribution in [3.05, 3.63) is 23.0 Å². The van der Waals surface area contributed by atoms with Crippen molar-refractivity contribution < 1.29 is 23.9 Å². The highest BCUT2D eigenvalue weighted by molar-refractivity contribution is 5.84. The fraction of sp³-hybridized carbons (Fsp3) is 0.333. The number of aldehydes is 1. The Bertz CT molecular complexity index is 495. The van der Waals surface area contributed by atoms with Crippen molar-refractivity contribution in [3.63, 3.8) is 0 Å². The molecule has 0 aliphatic heterocycles. The standard InChI is InChI=1S/C12H13NO5/c1-7-12(18-9(3)16)11(5-14)10(4-13-7)6-17-8(2)15/h4-5H,6H2,1-3H3. The van der Waals surface area contributed by atoms with Crippen LogP contribution in [-0.2, 0) is 20.9 Å². The summed E-state index contributed by atoms with van der Waals surface area (Å²) < 4.78 is 9.73. The predicted molar refractivity (Wildman–Crippen MR) is 61.1 cm³/mol. The predicted octanol–water partition coefficient (Wildman–Crippen LogP) is 1.19. The topological polar surface area (TPSA) is 82.6 Å². The molecular formula is C12H13NO5. The van der Waals surface area contributed by atoms with Gasteiger partial charge in [-0.05, 0) is 6.92 Å². The number of carbonyl (C=O) groups excluding carboxylic acids is 3. The Kier molecular flexibility index (Phi) is 4.53. The largest absolute Gasteiger partial charge is 0.461 e. The third-order valence-corrected chi connectivity index (χ3v) is 2.13. The van der Waals surface area contributed by atoms with E-state index in [0.717, 1.165) is 0 Å². The van der Waals surface area contributed by atoms with Crippen LogP contribution < -0.4 is 4.74 Å². The first-order valence-corrected chi connectivity index (χ1v) is 5.21. The quantitative estimate of drug-likeness (QED) is 0.590. The Morgan fingerprint density at radius 2 is 2.00 bits per heavy atom. The molecule has 1 heterocycles. The van der Waals surface area contributed by atoms with Crippen LogP contribution in [0.5, 0.6) is 5.75 Å². The van der Waals surface area contributed by atoms with Crippen LogP contribution in [0, 0.1) is 6.92 Å². The first-order chi connectivity index (χ1) is 8.45. The molecule has 0 aromatic carbocycles. The molecule has 0 bridgehead atoms. The van der Waals surface area contributed by atoms with Crippen molar-refractivity contribution in [1.29, 1.82) is 0 Å². The van der Waals surface area contributed by atoms with Gasteiger partial charge in [-0.3, -0.25) is 19.4 Å². The van der Waals surface area contributed by atoms with E-state index in [1.165, 1.54) is 20.0 Å². The number of nitrogens with zero attached hydrogens (tertiary/aromatic N) is 1. The van der Waals surface area contributed by atoms with Gasteiger partial charge in [0.15, 0.2) is 12.0 Å². The summed E-state index contributed by atoms with van der Waals surface area (Å²) in [6.07, 6.45) is 1.96. The van der Waals surface area contributed by atoms with Gasteiger partial charge in [-0.1, -0.05) is 0 Å². The van der Waals surface area contributed by atoms with Crippen molar-refractivity contribution in [2.75, 3.05) is 0 Å². The Labute approximate surface area is 104 Å². The molecule has 6 nitrogen and oxygen atoms in total. The Hall–Kier alpha value is -2.24. The molecule has 0 amide bonds. The smallest absolute Gasteiger partial charge is 0.308 e. The van der Waals surface area contributed by atoms with Gasteiger partial charge in [0.25, 0.3) is 0 Å². The lowest BCUT2D eigenvalue weighted by molar-refractivity contribution is -0.142. The molecule has 0 saturated carbocycles. The monoisotopic (exact) mass is 251 g/mol. The summed E-state index contributed by atoms with van der Waals surface area (Å²) in [5, 5.41) is 0. The second kappa shape index (κ2) is 5.90. The van der Waals surface area contributed by atoms with Crippen LogP contribution in [0.15, 0.2) is 6.20 Å². The molecule has 96 valence electrons. The minimum absolute atomic E-state index is 0.0923. The molecule has 6 heteroatoms. The van der Waals surface area contributed by atoms with Crippen molar-refractivity contribution >= 4 is 18.2 Å². The average molecular weight is 251 g/mol. The van der Waals surface area contributed by atoms with Gasteiger partial charge in [0.2, 0.25) is 0 Å². The number of pyridine rings is 1. The second-order valence-corrected chi connectivity index (χ2v) is 3.60. The van der Waals surface area contributed by atoms with Crippen LogP contribution in [0.2, 0.25) is 0 Å². The summed E-state index contributed by atoms with van der Waals surface area (Å²) >= 11 is 0. The highest BCUT2D eigenvalue weighted by Crippen LogP contribution is 2.24. The Morgan fingerprint density at radius 3 is 2.50 bits per heavy atom. The van der Waals surface area contributed by atoms with Gasteiger partial charge >= 0.3 is 11.9 Å². The van der Waals surface area contributed by atoms with Crippen molar-refractivity contribution in [2.24, 2.45) is 0 Å². The summed E-state index contributed by atoms with van der Waals surface area (Å²) in [4.78, 5) is 36.7. The number of hydrogen-bond donors (Lipinski definition) is 0. The Balaban J connectivity index is 3.15. The van der Waals surface area contributed by atoms with E-state index in [1.807, 2.05) is 0 Å². The first kappa shape index (κ1) is 13.8. The van der Waals surface area contributed by atoms with Gasteiger partial charge in [0, 0.05) is 25.6 Å². The molecule has 0 saturated heterocycles. The van der Waals surface area contributed by atoms with E-state index in [-0.39, 0.29) is 17.9 Å². The zero-order valence-electron chi connectivity index (χ0n) is 10.4. The fourth-order valence-electron chi connectivity index (χ4n) is 1.34. The van der Waals surface area contributed by atoms with Crippen LogP contribution in [0.3, 0.4) is 0 Å². The molecule has 1 rings (SSSR count). The molecule has 0 N–H and O–H groups in total. The van der Waals surface area contributed by atoms with Crippen LogP contribution in [0.4, 0.5) is 0 Å². The maximum atomic E-state index is 11.1. The number of carbonyl (C=O) groups is 3. The molecule has 0 aliphatic carbocycles. The van der Waals surface area contributed by atoms with Gasteiger partial charge in [0.05, 0.1) is 11.3 Å². The van der Waals surface area contributed by atoms with Crippen LogP contribution in [-0.4, -0.2) is 23.2 Å². The highest BCUT2D eigenvalue weighted by atomic mass is 16.5. The lowest BCUT2D eigenvalue weighted by Crippen LogP contribution is -2.10. The highest BCUT2D eigenvalue weighted by Gasteiger charge is 2.15. The molecule has 0 atom stereocenters. The van der Waals surface area contributed by atoms with E-state index in [2.05, 4.69) is 4.98 Å². The normalized spacial score (nSPS) is 9.72. The van der Waals surface area contributed by atoms with Crippen LogP contribution in [0.1, 0.15) is 35.5 Å². The van der Waals surface area contributed by atoms with E-state index in [9.17, 15) is 14.4 Å². The molecular weight excluding hydrogens is 238 g/mol. The van der Waals surface area contributed by atoms with E-state index in [4.69, 9.17) is 9.47 Å². The third-order valence-electron chi connectivity index (χ3n) is 2.13. The summed E-state index contributed by atoms with van der Waals surface area (Å²) in [7, 11) is 0. The average Bonchev–Trinajstić information content (AvgIpc) is 2.29. The van der Waals surface area contributed by atoms with Crippen LogP contribution in [0.25, 0.3) is 0 Å². The zero-order chi connectivity index (χ0) is 13.7. The number of rotatable bonds is 4. The minimum atomic E-state index is -0.548. The Morgan fingerprint density at radius 1 is 1.33 bits per heavy atom. The maximum Gasteiger partial charge on any atom is 0.308 e. The van der Waals surface area contributed by atoms with Crippen molar-refractivity contribution in [3.8, 4) is 5.75 Å². The molecule has 1 aromatic rings. The third kappa shape index (κ3) is 3.38. The van der Waals surface area contributed by atoms with E-state index >= 15 is 0 Å². The summed E-state index contributed by atoms with van der Waals surface area (Å²) in [5.74, 6) is -0.920.